The van der Waals surface area contributed by atoms with E-state index in [4.69, 9.17) is 0 Å². The molecule has 0 spiro atoms. The number of hydrogen-bond acceptors (Lipinski definition) is 3. The first kappa shape index (κ1) is 17.0. The van der Waals surface area contributed by atoms with Crippen LogP contribution in [0.2, 0.25) is 0 Å². The number of hydrogen-bond donors (Lipinski definition) is 1. The number of carbonyl (C=O) groups excluding carboxylic acids is 2. The summed E-state index contributed by atoms with van der Waals surface area (Å²) < 4.78 is 0. The summed E-state index contributed by atoms with van der Waals surface area (Å²) in [4.78, 5) is 29.2. The molecule has 5 nitrogen and oxygen atoms in total. The second kappa shape index (κ2) is 6.93. The SMILES string of the molecule is CC(C)c1ccccc1NC(=O)C1CC1C(=O)N1CCN(C)CC1. The Morgan fingerprint density at radius 3 is 2.42 bits per heavy atom. The molecule has 1 aromatic rings. The van der Waals surface area contributed by atoms with Crippen LogP contribution in [0.15, 0.2) is 24.3 Å². The minimum atomic E-state index is -0.169. The maximum Gasteiger partial charge on any atom is 0.228 e. The largest absolute Gasteiger partial charge is 0.340 e. The maximum atomic E-state index is 12.5. The highest BCUT2D eigenvalue weighted by Gasteiger charge is 2.49. The molecule has 24 heavy (non-hydrogen) atoms. The molecule has 5 heteroatoms. The molecule has 1 aromatic carbocycles. The average molecular weight is 329 g/mol. The molecule has 1 aliphatic heterocycles. The lowest BCUT2D eigenvalue weighted by molar-refractivity contribution is -0.135. The van der Waals surface area contributed by atoms with Crippen LogP contribution in [-0.4, -0.2) is 54.8 Å². The number of rotatable bonds is 4. The van der Waals surface area contributed by atoms with E-state index in [2.05, 4.69) is 31.1 Å². The van der Waals surface area contributed by atoms with Crippen LogP contribution in [0.1, 0.15) is 31.7 Å². The molecule has 0 aromatic heterocycles. The van der Waals surface area contributed by atoms with Gasteiger partial charge in [0.2, 0.25) is 11.8 Å². The summed E-state index contributed by atoms with van der Waals surface area (Å²) in [5, 5.41) is 3.03. The van der Waals surface area contributed by atoms with Crippen molar-refractivity contribution in [2.24, 2.45) is 11.8 Å². The number of nitrogens with one attached hydrogen (secondary N) is 1. The van der Waals surface area contributed by atoms with E-state index in [1.807, 2.05) is 29.2 Å². The second-order valence-electron chi connectivity index (χ2n) is 7.31. The first-order valence-corrected chi connectivity index (χ1v) is 8.84. The summed E-state index contributed by atoms with van der Waals surface area (Å²) in [5.74, 6) is 0.191. The summed E-state index contributed by atoms with van der Waals surface area (Å²) in [7, 11) is 2.07. The van der Waals surface area contributed by atoms with Gasteiger partial charge < -0.3 is 15.1 Å². The van der Waals surface area contributed by atoms with Gasteiger partial charge in [-0.25, -0.2) is 0 Å². The first-order chi connectivity index (χ1) is 11.5. The normalized spacial score (nSPS) is 24.1. The zero-order valence-corrected chi connectivity index (χ0v) is 14.8. The molecular weight excluding hydrogens is 302 g/mol. The molecular formula is C19H27N3O2. The van der Waals surface area contributed by atoms with E-state index in [-0.39, 0.29) is 23.7 Å². The molecule has 0 bridgehead atoms. The number of anilines is 1. The summed E-state index contributed by atoms with van der Waals surface area (Å²) in [6.45, 7) is 7.60. The van der Waals surface area contributed by atoms with Crippen molar-refractivity contribution in [2.75, 3.05) is 38.5 Å². The zero-order valence-electron chi connectivity index (χ0n) is 14.8. The Labute approximate surface area is 144 Å². The fourth-order valence-corrected chi connectivity index (χ4v) is 3.36. The Morgan fingerprint density at radius 1 is 1.08 bits per heavy atom. The quantitative estimate of drug-likeness (QED) is 0.921. The van der Waals surface area contributed by atoms with Crippen molar-refractivity contribution in [1.29, 1.82) is 0 Å². The minimum absolute atomic E-state index is 0.0180. The van der Waals surface area contributed by atoms with Crippen molar-refractivity contribution >= 4 is 17.5 Å². The average Bonchev–Trinajstić information content (AvgIpc) is 3.36. The molecule has 2 fully saturated rings. The summed E-state index contributed by atoms with van der Waals surface area (Å²) in [5.41, 5.74) is 2.00. The van der Waals surface area contributed by atoms with Gasteiger partial charge in [0.1, 0.15) is 0 Å². The topological polar surface area (TPSA) is 52.7 Å². The molecule has 1 heterocycles. The standard InChI is InChI=1S/C19H27N3O2/c1-13(2)14-6-4-5-7-17(14)20-18(23)15-12-16(15)19(24)22-10-8-21(3)9-11-22/h4-7,13,15-16H,8-12H2,1-3H3,(H,20,23). The van der Waals surface area contributed by atoms with Gasteiger partial charge in [0.25, 0.3) is 0 Å². The third kappa shape index (κ3) is 3.61. The van der Waals surface area contributed by atoms with Crippen LogP contribution in [0.25, 0.3) is 0 Å². The highest BCUT2D eigenvalue weighted by atomic mass is 16.2. The van der Waals surface area contributed by atoms with Crippen LogP contribution in [0, 0.1) is 11.8 Å². The smallest absolute Gasteiger partial charge is 0.228 e. The third-order valence-corrected chi connectivity index (χ3v) is 5.10. The molecule has 2 atom stereocenters. The molecule has 3 rings (SSSR count). The molecule has 130 valence electrons. The fraction of sp³-hybridized carbons (Fsp3) is 0.579. The Kier molecular flexibility index (Phi) is 4.90. The van der Waals surface area contributed by atoms with Gasteiger partial charge in [0.15, 0.2) is 0 Å². The van der Waals surface area contributed by atoms with Crippen LogP contribution in [0.4, 0.5) is 5.69 Å². The number of para-hydroxylation sites is 1. The molecule has 2 aliphatic rings. The fourth-order valence-electron chi connectivity index (χ4n) is 3.36. The van der Waals surface area contributed by atoms with Crippen molar-refractivity contribution in [3.8, 4) is 0 Å². The zero-order chi connectivity index (χ0) is 17.3. The molecule has 1 saturated carbocycles. The van der Waals surface area contributed by atoms with E-state index in [9.17, 15) is 9.59 Å². The lowest BCUT2D eigenvalue weighted by Crippen LogP contribution is -2.48. The predicted molar refractivity (Wildman–Crippen MR) is 94.8 cm³/mol. The molecule has 0 radical (unpaired) electrons. The Morgan fingerprint density at radius 2 is 1.75 bits per heavy atom. The van der Waals surface area contributed by atoms with Crippen molar-refractivity contribution < 1.29 is 9.59 Å². The minimum Gasteiger partial charge on any atom is -0.340 e. The lowest BCUT2D eigenvalue weighted by Gasteiger charge is -2.32. The van der Waals surface area contributed by atoms with Gasteiger partial charge in [-0.1, -0.05) is 32.0 Å². The van der Waals surface area contributed by atoms with Crippen LogP contribution >= 0.6 is 0 Å². The molecule has 2 amide bonds. The number of benzene rings is 1. The Balaban J connectivity index is 1.57. The number of carbonyl (C=O) groups is 2. The van der Waals surface area contributed by atoms with Gasteiger partial charge in [-0.3, -0.25) is 9.59 Å². The van der Waals surface area contributed by atoms with Crippen molar-refractivity contribution in [3.05, 3.63) is 29.8 Å². The van der Waals surface area contributed by atoms with Gasteiger partial charge in [0.05, 0.1) is 11.8 Å². The van der Waals surface area contributed by atoms with Gasteiger partial charge in [0, 0.05) is 31.9 Å². The highest BCUT2D eigenvalue weighted by Crippen LogP contribution is 2.41. The Bertz CT molecular complexity index is 621. The molecule has 1 aliphatic carbocycles. The lowest BCUT2D eigenvalue weighted by atomic mass is 10.0. The molecule has 1 saturated heterocycles. The molecule has 1 N–H and O–H groups in total. The predicted octanol–water partition coefficient (Wildman–Crippen LogP) is 2.16. The number of likely N-dealkylation sites (N-methyl/N-ethyl adjacent to an activating group) is 1. The van der Waals surface area contributed by atoms with E-state index < -0.39 is 0 Å². The summed E-state index contributed by atoms with van der Waals surface area (Å²) in [6.07, 6.45) is 0.681. The van der Waals surface area contributed by atoms with Crippen molar-refractivity contribution in [3.63, 3.8) is 0 Å². The number of piperazine rings is 1. The monoisotopic (exact) mass is 329 g/mol. The van der Waals surface area contributed by atoms with Gasteiger partial charge >= 0.3 is 0 Å². The van der Waals surface area contributed by atoms with Crippen LogP contribution in [-0.2, 0) is 9.59 Å². The third-order valence-electron chi connectivity index (χ3n) is 5.10. The van der Waals surface area contributed by atoms with E-state index in [0.29, 0.717) is 12.3 Å². The van der Waals surface area contributed by atoms with Crippen LogP contribution in [0.3, 0.4) is 0 Å². The second-order valence-corrected chi connectivity index (χ2v) is 7.31. The first-order valence-electron chi connectivity index (χ1n) is 8.84. The van der Waals surface area contributed by atoms with Crippen LogP contribution < -0.4 is 5.32 Å². The van der Waals surface area contributed by atoms with Crippen molar-refractivity contribution in [1.82, 2.24) is 9.80 Å². The van der Waals surface area contributed by atoms with Crippen molar-refractivity contribution in [2.45, 2.75) is 26.2 Å². The van der Waals surface area contributed by atoms with Gasteiger partial charge in [-0.2, -0.15) is 0 Å². The van der Waals surface area contributed by atoms with Gasteiger partial charge in [-0.05, 0) is 31.0 Å². The van der Waals surface area contributed by atoms with E-state index in [0.717, 1.165) is 37.4 Å². The van der Waals surface area contributed by atoms with E-state index >= 15 is 0 Å². The number of amides is 2. The molecule has 2 unspecified atom stereocenters. The summed E-state index contributed by atoms with van der Waals surface area (Å²) >= 11 is 0. The van der Waals surface area contributed by atoms with Crippen LogP contribution in [0.5, 0.6) is 0 Å². The summed E-state index contributed by atoms with van der Waals surface area (Å²) in [6, 6.07) is 7.90. The number of nitrogens with zero attached hydrogens (tertiary/aromatic N) is 2. The van der Waals surface area contributed by atoms with E-state index in [1.165, 1.54) is 0 Å². The Hall–Kier alpha value is -1.88. The maximum absolute atomic E-state index is 12.5. The van der Waals surface area contributed by atoms with E-state index in [1.54, 1.807) is 0 Å². The van der Waals surface area contributed by atoms with Gasteiger partial charge in [-0.15, -0.1) is 0 Å². The highest BCUT2D eigenvalue weighted by molar-refractivity contribution is 6.00.